The van der Waals surface area contributed by atoms with Crippen LogP contribution in [0.2, 0.25) is 0 Å². The lowest BCUT2D eigenvalue weighted by molar-refractivity contribution is 0.101. The molecule has 0 unspecified atom stereocenters. The number of nitrogens with zero attached hydrogens (tertiary/aromatic N) is 3. The molecule has 0 bridgehead atoms. The first-order chi connectivity index (χ1) is 16.6. The number of anilines is 1. The third-order valence-corrected chi connectivity index (χ3v) is 7.23. The Kier molecular flexibility index (Phi) is 8.42. The molecular weight excluding hydrogens is 468 g/mol. The van der Waals surface area contributed by atoms with E-state index in [1.54, 1.807) is 13.8 Å². The van der Waals surface area contributed by atoms with Crippen LogP contribution in [0.3, 0.4) is 0 Å². The number of nitrogens with one attached hydrogen (secondary N) is 1. The molecule has 0 aliphatic rings. The quantitative estimate of drug-likeness (QED) is 0.459. The maximum absolute atomic E-state index is 13.1. The molecule has 1 amide bonds. The van der Waals surface area contributed by atoms with Gasteiger partial charge in [-0.2, -0.15) is 9.40 Å². The van der Waals surface area contributed by atoms with Gasteiger partial charge in [0.2, 0.25) is 10.0 Å². The summed E-state index contributed by atoms with van der Waals surface area (Å²) < 4.78 is 34.3. The van der Waals surface area contributed by atoms with E-state index in [9.17, 15) is 18.0 Å². The van der Waals surface area contributed by atoms with Gasteiger partial charge in [-0.15, -0.1) is 0 Å². The number of hydrogen-bond donors (Lipinski definition) is 1. The van der Waals surface area contributed by atoms with Gasteiger partial charge in [0.25, 0.3) is 11.5 Å². The number of rotatable bonds is 10. The summed E-state index contributed by atoms with van der Waals surface area (Å²) in [7, 11) is -3.75. The summed E-state index contributed by atoms with van der Waals surface area (Å²) in [4.78, 5) is 25.4. The van der Waals surface area contributed by atoms with Gasteiger partial charge in [-0.1, -0.05) is 44.2 Å². The van der Waals surface area contributed by atoms with E-state index in [4.69, 9.17) is 4.74 Å². The molecule has 9 nitrogen and oxygen atoms in total. The monoisotopic (exact) mass is 498 g/mol. The summed E-state index contributed by atoms with van der Waals surface area (Å²) in [6.07, 6.45) is -0.207. The number of benzene rings is 2. The summed E-state index contributed by atoms with van der Waals surface area (Å²) in [5, 5.41) is 6.91. The van der Waals surface area contributed by atoms with Crippen molar-refractivity contribution in [3.05, 3.63) is 82.3 Å². The summed E-state index contributed by atoms with van der Waals surface area (Å²) in [5.74, 6) is -0.276. The van der Waals surface area contributed by atoms with Crippen molar-refractivity contribution in [2.24, 2.45) is 0 Å². The number of carbonyl (C=O) groups is 1. The second-order valence-electron chi connectivity index (χ2n) is 8.07. The van der Waals surface area contributed by atoms with Crippen molar-refractivity contribution >= 4 is 21.6 Å². The fraction of sp³-hybridized carbons (Fsp3) is 0.320. The first kappa shape index (κ1) is 26.1. The number of sulfonamides is 1. The average molecular weight is 499 g/mol. The van der Waals surface area contributed by atoms with Crippen LogP contribution < -0.4 is 15.6 Å². The highest BCUT2D eigenvalue weighted by Crippen LogP contribution is 2.30. The fourth-order valence-electron chi connectivity index (χ4n) is 3.46. The summed E-state index contributed by atoms with van der Waals surface area (Å²) in [6.45, 7) is 8.02. The van der Waals surface area contributed by atoms with Gasteiger partial charge >= 0.3 is 0 Å². The number of hydrogen-bond acceptors (Lipinski definition) is 6. The zero-order chi connectivity index (χ0) is 25.6. The SMILES string of the molecule is CCN(CC)S(=O)(=O)c1ccc(OC(C)C)c(NC(=O)c2ccc(=O)n(Cc3ccccc3)n2)c1. The molecule has 1 heterocycles. The molecule has 0 saturated carbocycles. The van der Waals surface area contributed by atoms with Crippen molar-refractivity contribution in [2.45, 2.75) is 45.2 Å². The van der Waals surface area contributed by atoms with Crippen LogP contribution in [0.25, 0.3) is 0 Å². The number of aromatic nitrogens is 2. The van der Waals surface area contributed by atoms with E-state index < -0.39 is 15.9 Å². The Morgan fingerprint density at radius 1 is 1.06 bits per heavy atom. The van der Waals surface area contributed by atoms with Crippen LogP contribution in [0.1, 0.15) is 43.7 Å². The van der Waals surface area contributed by atoms with Crippen molar-refractivity contribution in [1.29, 1.82) is 0 Å². The molecular formula is C25H30N4O5S. The smallest absolute Gasteiger partial charge is 0.276 e. The molecule has 2 aromatic carbocycles. The molecule has 0 radical (unpaired) electrons. The first-order valence-electron chi connectivity index (χ1n) is 11.4. The number of amides is 1. The molecule has 1 N–H and O–H groups in total. The van der Waals surface area contributed by atoms with Crippen LogP contribution in [-0.2, 0) is 16.6 Å². The van der Waals surface area contributed by atoms with E-state index in [-0.39, 0.29) is 34.5 Å². The molecule has 0 aliphatic carbocycles. The Balaban J connectivity index is 1.95. The molecule has 3 rings (SSSR count). The summed E-state index contributed by atoms with van der Waals surface area (Å²) in [6, 6.07) is 16.3. The number of carbonyl (C=O) groups excluding carboxylic acids is 1. The van der Waals surface area contributed by atoms with E-state index >= 15 is 0 Å². The first-order valence-corrected chi connectivity index (χ1v) is 12.8. The minimum absolute atomic E-state index is 0.00744. The Bertz CT molecular complexity index is 1330. The topological polar surface area (TPSA) is 111 Å². The largest absolute Gasteiger partial charge is 0.489 e. The highest BCUT2D eigenvalue weighted by atomic mass is 32.2. The van der Waals surface area contributed by atoms with E-state index in [2.05, 4.69) is 10.4 Å². The van der Waals surface area contributed by atoms with Crippen LogP contribution in [0, 0.1) is 0 Å². The lowest BCUT2D eigenvalue weighted by Crippen LogP contribution is -2.30. The highest BCUT2D eigenvalue weighted by molar-refractivity contribution is 7.89. The van der Waals surface area contributed by atoms with Gasteiger partial charge in [0.15, 0.2) is 0 Å². The normalized spacial score (nSPS) is 11.6. The van der Waals surface area contributed by atoms with Crippen molar-refractivity contribution in [3.63, 3.8) is 0 Å². The highest BCUT2D eigenvalue weighted by Gasteiger charge is 2.24. The van der Waals surface area contributed by atoms with Crippen LogP contribution in [0.5, 0.6) is 5.75 Å². The van der Waals surface area contributed by atoms with Crippen LogP contribution in [0.4, 0.5) is 5.69 Å². The predicted molar refractivity (Wildman–Crippen MR) is 134 cm³/mol. The van der Waals surface area contributed by atoms with Crippen molar-refractivity contribution in [3.8, 4) is 5.75 Å². The van der Waals surface area contributed by atoms with Gasteiger partial charge in [-0.3, -0.25) is 9.59 Å². The molecule has 0 spiro atoms. The van der Waals surface area contributed by atoms with Crippen molar-refractivity contribution in [1.82, 2.24) is 14.1 Å². The van der Waals surface area contributed by atoms with Crippen molar-refractivity contribution < 1.29 is 17.9 Å². The van der Waals surface area contributed by atoms with E-state index in [0.717, 1.165) is 5.56 Å². The minimum Gasteiger partial charge on any atom is -0.489 e. The Hall–Kier alpha value is -3.50. The second-order valence-corrected chi connectivity index (χ2v) is 10.0. The predicted octanol–water partition coefficient (Wildman–Crippen LogP) is 3.36. The van der Waals surface area contributed by atoms with Gasteiger partial charge in [0, 0.05) is 19.2 Å². The second kappa shape index (κ2) is 11.3. The van der Waals surface area contributed by atoms with Gasteiger partial charge < -0.3 is 10.1 Å². The standard InChI is InChI=1S/C25H30N4O5S/c1-5-28(6-2)35(32,33)20-12-14-23(34-18(3)4)22(16-20)26-25(31)21-13-15-24(30)29(27-21)17-19-10-8-7-9-11-19/h7-16,18H,5-6,17H2,1-4H3,(H,26,31). The Morgan fingerprint density at radius 2 is 1.74 bits per heavy atom. The van der Waals surface area contributed by atoms with Gasteiger partial charge in [-0.05, 0) is 43.7 Å². The molecule has 10 heteroatoms. The minimum atomic E-state index is -3.75. The molecule has 0 fully saturated rings. The molecule has 0 aliphatic heterocycles. The fourth-order valence-corrected chi connectivity index (χ4v) is 4.95. The van der Waals surface area contributed by atoms with Gasteiger partial charge in [0.05, 0.1) is 23.2 Å². The molecule has 1 aromatic heterocycles. The molecule has 0 atom stereocenters. The van der Waals surface area contributed by atoms with E-state index in [1.165, 1.54) is 39.3 Å². The average Bonchev–Trinajstić information content (AvgIpc) is 2.82. The van der Waals surface area contributed by atoms with Gasteiger partial charge in [-0.25, -0.2) is 13.1 Å². The lowest BCUT2D eigenvalue weighted by atomic mass is 10.2. The Morgan fingerprint density at radius 3 is 2.37 bits per heavy atom. The zero-order valence-electron chi connectivity index (χ0n) is 20.3. The molecule has 3 aromatic rings. The summed E-state index contributed by atoms with van der Waals surface area (Å²) >= 11 is 0. The third kappa shape index (κ3) is 6.34. The maximum Gasteiger partial charge on any atom is 0.276 e. The van der Waals surface area contributed by atoms with Crippen LogP contribution >= 0.6 is 0 Å². The van der Waals surface area contributed by atoms with Gasteiger partial charge in [0.1, 0.15) is 11.4 Å². The third-order valence-electron chi connectivity index (χ3n) is 5.18. The van der Waals surface area contributed by atoms with Crippen molar-refractivity contribution in [2.75, 3.05) is 18.4 Å². The lowest BCUT2D eigenvalue weighted by Gasteiger charge is -2.20. The van der Waals surface area contributed by atoms with Crippen LogP contribution in [0.15, 0.2) is 70.4 Å². The summed E-state index contributed by atoms with van der Waals surface area (Å²) in [5.41, 5.74) is 0.718. The molecule has 186 valence electrons. The molecule has 35 heavy (non-hydrogen) atoms. The van der Waals surface area contributed by atoms with Crippen LogP contribution in [-0.4, -0.2) is 47.6 Å². The zero-order valence-corrected chi connectivity index (χ0v) is 21.1. The molecule has 0 saturated heterocycles. The number of ether oxygens (including phenoxy) is 1. The van der Waals surface area contributed by atoms with E-state index in [0.29, 0.717) is 18.8 Å². The Labute approximate surface area is 205 Å². The maximum atomic E-state index is 13.1. The van der Waals surface area contributed by atoms with E-state index in [1.807, 2.05) is 44.2 Å².